The monoisotopic (exact) mass is 725 g/mol. The Morgan fingerprint density at radius 2 is 1.73 bits per heavy atom. The highest BCUT2D eigenvalue weighted by molar-refractivity contribution is 7.98. The van der Waals surface area contributed by atoms with Crippen LogP contribution in [0.15, 0.2) is 23.3 Å². The molecule has 0 radical (unpaired) electrons. The van der Waals surface area contributed by atoms with Gasteiger partial charge in [0.25, 0.3) is 5.91 Å². The molecule has 4 amide bonds. The molecule has 10 N–H and O–H groups in total. The molecule has 0 aliphatic rings. The third kappa shape index (κ3) is 11.0. The number of aliphatic hydroxyl groups is 3. The first kappa shape index (κ1) is 39.0. The van der Waals surface area contributed by atoms with E-state index in [-0.39, 0.29) is 18.1 Å². The molecule has 16 nitrogen and oxygen atoms in total. The number of carbonyl (C=O) groups is 4. The minimum Gasteiger partial charge on any atom is -0.391 e. The number of hydrogen-bond donors (Lipinski definition) is 9. The zero-order chi connectivity index (χ0) is 35.4. The predicted molar refractivity (Wildman–Crippen MR) is 183 cm³/mol. The molecule has 48 heavy (non-hydrogen) atoms. The fourth-order valence-electron chi connectivity index (χ4n) is 4.38. The number of nitrogens with zero attached hydrogens (tertiary/aromatic N) is 3. The number of amides is 4. The summed E-state index contributed by atoms with van der Waals surface area (Å²) in [4.78, 5) is 66.1. The fraction of sp³-hybridized carbons (Fsp3) is 0.552. The Bertz CT molecular complexity index is 1480. The van der Waals surface area contributed by atoms with Crippen molar-refractivity contribution in [3.63, 3.8) is 0 Å². The number of rotatable bonds is 19. The average molecular weight is 726 g/mol. The Balaban J connectivity index is 1.47. The lowest BCUT2D eigenvalue weighted by Gasteiger charge is -2.28. The lowest BCUT2D eigenvalue weighted by molar-refractivity contribution is -0.136. The molecule has 3 heterocycles. The van der Waals surface area contributed by atoms with Crippen molar-refractivity contribution in [2.45, 2.75) is 70.1 Å². The predicted octanol–water partition coefficient (Wildman–Crippen LogP) is -0.440. The maximum absolute atomic E-state index is 13.0. The Morgan fingerprint density at radius 3 is 2.40 bits per heavy atom. The minimum absolute atomic E-state index is 0.165. The highest BCUT2D eigenvalue weighted by Crippen LogP contribution is 2.25. The zero-order valence-electron chi connectivity index (χ0n) is 27.0. The molecule has 19 heteroatoms. The first-order chi connectivity index (χ1) is 22.8. The summed E-state index contributed by atoms with van der Waals surface area (Å²) in [5.41, 5.74) is 7.03. The minimum atomic E-state index is -1.39. The van der Waals surface area contributed by atoms with Crippen LogP contribution in [-0.2, 0) is 20.8 Å². The van der Waals surface area contributed by atoms with Gasteiger partial charge >= 0.3 is 0 Å². The molecule has 0 fully saturated rings. The van der Waals surface area contributed by atoms with Crippen LogP contribution in [0.3, 0.4) is 0 Å². The van der Waals surface area contributed by atoms with Gasteiger partial charge in [0, 0.05) is 30.3 Å². The maximum atomic E-state index is 13.0. The number of carbonyl (C=O) groups excluding carboxylic acids is 4. The molecule has 0 spiro atoms. The summed E-state index contributed by atoms with van der Waals surface area (Å²) in [6.45, 7) is 4.96. The molecule has 264 valence electrons. The van der Waals surface area contributed by atoms with Crippen molar-refractivity contribution in [1.29, 1.82) is 0 Å². The van der Waals surface area contributed by atoms with E-state index in [2.05, 4.69) is 41.2 Å². The van der Waals surface area contributed by atoms with Crippen molar-refractivity contribution >= 4 is 58.1 Å². The second-order valence-electron chi connectivity index (χ2n) is 11.1. The van der Waals surface area contributed by atoms with Gasteiger partial charge in [-0.1, -0.05) is 6.92 Å². The van der Waals surface area contributed by atoms with E-state index in [4.69, 9.17) is 5.73 Å². The Hall–Kier alpha value is -3.46. The average Bonchev–Trinajstić information content (AvgIpc) is 3.86. The standard InChI is InChI=1S/C29H43N9O7S3/c1-14(23(40)15(2)35-27(44)21(30)24(41)17-10-31-13-34-17)25(42)38-22(16(3)39)28(45)33-8-6-20-36-19(12-47-20)29-37-18(11-48-29)26(43)32-7-5-9-46-4/h10-16,21-24,39-41H,5-9,30H2,1-4H3,(H,31,34)(H,32,43)(H,33,45)(H,35,44)(H,38,42)/t14-,15+,16+,21-,22-,23-,24-/m0/s1. The number of imidazole rings is 1. The van der Waals surface area contributed by atoms with Crippen LogP contribution in [0.25, 0.3) is 10.7 Å². The largest absolute Gasteiger partial charge is 0.391 e. The Morgan fingerprint density at radius 1 is 0.979 bits per heavy atom. The number of hydrogen-bond acceptors (Lipinski definition) is 14. The lowest BCUT2D eigenvalue weighted by atomic mass is 9.96. The van der Waals surface area contributed by atoms with Gasteiger partial charge in [-0.15, -0.1) is 22.7 Å². The highest BCUT2D eigenvalue weighted by Gasteiger charge is 2.34. The SMILES string of the molecule is CSCCCNC(=O)c1csc(-c2csc(CCNC(=O)[C@@H](NC(=O)[C@@H](C)[C@H](O)[C@@H](C)NC(=O)[C@@H](N)[C@@H](O)c3cnc[nH]3)[C@@H](C)O)n2)n1. The van der Waals surface area contributed by atoms with E-state index < -0.39 is 60.1 Å². The molecule has 0 unspecified atom stereocenters. The number of aromatic nitrogens is 4. The van der Waals surface area contributed by atoms with Crippen LogP contribution >= 0.6 is 34.4 Å². The first-order valence-corrected chi connectivity index (χ1v) is 18.3. The second-order valence-corrected chi connectivity index (χ2v) is 13.9. The second kappa shape index (κ2) is 18.9. The van der Waals surface area contributed by atoms with E-state index in [1.165, 1.54) is 56.0 Å². The summed E-state index contributed by atoms with van der Waals surface area (Å²) in [6.07, 6.45) is 1.88. The van der Waals surface area contributed by atoms with Gasteiger partial charge in [0.2, 0.25) is 17.7 Å². The lowest BCUT2D eigenvalue weighted by Crippen LogP contribution is -2.57. The van der Waals surface area contributed by atoms with Crippen molar-refractivity contribution < 1.29 is 34.5 Å². The number of H-pyrrole nitrogens is 1. The maximum Gasteiger partial charge on any atom is 0.270 e. The number of thioether (sulfide) groups is 1. The molecule has 0 aromatic carbocycles. The topological polar surface area (TPSA) is 258 Å². The number of aliphatic hydroxyl groups excluding tert-OH is 3. The van der Waals surface area contributed by atoms with Crippen molar-refractivity contribution in [1.82, 2.24) is 41.2 Å². The first-order valence-electron chi connectivity index (χ1n) is 15.2. The fourth-order valence-corrected chi connectivity index (χ4v) is 6.43. The van der Waals surface area contributed by atoms with Crippen molar-refractivity contribution in [3.05, 3.63) is 39.7 Å². The van der Waals surface area contributed by atoms with Crippen LogP contribution in [0, 0.1) is 5.92 Å². The summed E-state index contributed by atoms with van der Waals surface area (Å²) < 4.78 is 0. The van der Waals surface area contributed by atoms with Gasteiger partial charge in [-0.2, -0.15) is 11.8 Å². The molecule has 0 saturated heterocycles. The normalized spacial score (nSPS) is 15.8. The van der Waals surface area contributed by atoms with Gasteiger partial charge in [-0.05, 0) is 32.3 Å². The summed E-state index contributed by atoms with van der Waals surface area (Å²) in [6, 6.07) is -3.65. The molecular weight excluding hydrogens is 683 g/mol. The van der Waals surface area contributed by atoms with Gasteiger partial charge in [-0.3, -0.25) is 19.2 Å². The summed E-state index contributed by atoms with van der Waals surface area (Å²) >= 11 is 4.40. The molecule has 0 bridgehead atoms. The van der Waals surface area contributed by atoms with E-state index in [1.54, 1.807) is 17.1 Å². The van der Waals surface area contributed by atoms with Gasteiger partial charge in [0.05, 0.1) is 47.4 Å². The summed E-state index contributed by atoms with van der Waals surface area (Å²) in [5, 5.41) is 46.6. The highest BCUT2D eigenvalue weighted by atomic mass is 32.2. The van der Waals surface area contributed by atoms with Crippen LogP contribution in [-0.4, -0.2) is 114 Å². The molecule has 3 rings (SSSR count). The van der Waals surface area contributed by atoms with Crippen molar-refractivity contribution in [2.24, 2.45) is 11.7 Å². The van der Waals surface area contributed by atoms with E-state index >= 15 is 0 Å². The summed E-state index contributed by atoms with van der Waals surface area (Å²) in [7, 11) is 0. The molecule has 7 atom stereocenters. The zero-order valence-corrected chi connectivity index (χ0v) is 29.5. The van der Waals surface area contributed by atoms with E-state index in [0.29, 0.717) is 34.4 Å². The van der Waals surface area contributed by atoms with Gasteiger partial charge < -0.3 is 47.3 Å². The van der Waals surface area contributed by atoms with Gasteiger partial charge in [0.1, 0.15) is 34.6 Å². The Labute approximate surface area is 290 Å². The van der Waals surface area contributed by atoms with Gasteiger partial charge in [-0.25, -0.2) is 15.0 Å². The Kier molecular flexibility index (Phi) is 15.4. The van der Waals surface area contributed by atoms with E-state index in [9.17, 15) is 34.5 Å². The molecule has 3 aromatic heterocycles. The smallest absolute Gasteiger partial charge is 0.270 e. The molecule has 0 saturated carbocycles. The molecule has 0 aliphatic heterocycles. The molecule has 0 aliphatic carbocycles. The van der Waals surface area contributed by atoms with Crippen LogP contribution in [0.2, 0.25) is 0 Å². The number of nitrogens with two attached hydrogens (primary N) is 1. The van der Waals surface area contributed by atoms with Crippen LogP contribution in [0.4, 0.5) is 0 Å². The van der Waals surface area contributed by atoms with Gasteiger partial charge in [0.15, 0.2) is 0 Å². The number of thiazole rings is 2. The summed E-state index contributed by atoms with van der Waals surface area (Å²) in [5.74, 6) is -2.50. The third-order valence-corrected chi connectivity index (χ3v) is 9.78. The quantitative estimate of drug-likeness (QED) is 0.0713. The van der Waals surface area contributed by atoms with Crippen molar-refractivity contribution in [2.75, 3.05) is 25.1 Å². The van der Waals surface area contributed by atoms with E-state index in [1.807, 2.05) is 11.6 Å². The molecule has 3 aromatic rings. The van der Waals surface area contributed by atoms with Crippen LogP contribution in [0.1, 0.15) is 54.5 Å². The number of aromatic amines is 1. The number of nitrogens with one attached hydrogen (secondary N) is 5. The molecular formula is C29H43N9O7S3. The van der Waals surface area contributed by atoms with Crippen LogP contribution < -0.4 is 27.0 Å². The third-order valence-electron chi connectivity index (χ3n) is 7.31. The van der Waals surface area contributed by atoms with E-state index in [0.717, 1.165) is 12.2 Å². The van der Waals surface area contributed by atoms with Crippen molar-refractivity contribution in [3.8, 4) is 10.7 Å². The van der Waals surface area contributed by atoms with Crippen LogP contribution in [0.5, 0.6) is 0 Å².